The molecule has 0 fully saturated rings. The molecular weight excluding hydrogens is 649 g/mol. The number of carbonyl (C=O) groups excluding carboxylic acids is 5. The lowest BCUT2D eigenvalue weighted by Crippen LogP contribution is -2.44. The Kier molecular flexibility index (Phi) is 18.7. The zero-order valence-electron chi connectivity index (χ0n) is 22.4. The van der Waals surface area contributed by atoms with Crippen LogP contribution in [0.2, 0.25) is 0 Å². The molecule has 0 radical (unpaired) electrons. The third kappa shape index (κ3) is 13.6. The second-order valence-corrected chi connectivity index (χ2v) is 13.5. The highest BCUT2D eigenvalue weighted by molar-refractivity contribution is 8.82. The molecule has 11 nitrogen and oxygen atoms in total. The molecule has 0 aliphatic heterocycles. The number of thiol groups is 2. The number of benzene rings is 1. The van der Waals surface area contributed by atoms with Crippen LogP contribution < -0.4 is 22.1 Å². The van der Waals surface area contributed by atoms with Crippen LogP contribution in [0.1, 0.15) is 15.9 Å². The largest absolute Gasteiger partial charge is 0.500 e. The molecule has 0 bridgehead atoms. The van der Waals surface area contributed by atoms with E-state index in [-0.39, 0.29) is 51.0 Å². The highest BCUT2D eigenvalue weighted by Crippen LogP contribution is 2.26. The van der Waals surface area contributed by atoms with E-state index in [4.69, 9.17) is 20.9 Å². The van der Waals surface area contributed by atoms with E-state index in [9.17, 15) is 24.0 Å². The molecule has 0 aliphatic carbocycles. The molecule has 0 heterocycles. The molecule has 228 valence electrons. The molecule has 0 aliphatic rings. The molecule has 2 amide bonds. The Bertz CT molecular complexity index is 1080. The van der Waals surface area contributed by atoms with Crippen molar-refractivity contribution in [2.24, 2.45) is 11.5 Å². The van der Waals surface area contributed by atoms with Gasteiger partial charge in [0.1, 0.15) is 11.8 Å². The van der Waals surface area contributed by atoms with E-state index in [0.29, 0.717) is 5.56 Å². The van der Waals surface area contributed by atoms with Crippen LogP contribution >= 0.6 is 68.4 Å². The van der Waals surface area contributed by atoms with Crippen LogP contribution in [0.4, 0.5) is 0 Å². The van der Waals surface area contributed by atoms with Crippen molar-refractivity contribution < 1.29 is 33.4 Å². The average Bonchev–Trinajstić information content (AvgIpc) is 2.98. The SMILES string of the molecule is C=C(OC)C(CSSC(=O)[C@@H](N)CS)NC(=O)Cc1ccccc1C(=O)NC(CSSC(=O)[C@@H](N)CS)C(=O)OC. The quantitative estimate of drug-likeness (QED) is 0.0568. The fourth-order valence-corrected chi connectivity index (χ4v) is 7.60. The Balaban J connectivity index is 2.89. The number of nitrogens with one attached hydrogen (secondary N) is 2. The van der Waals surface area contributed by atoms with Crippen molar-refractivity contribution in [2.45, 2.75) is 30.6 Å². The Labute approximate surface area is 266 Å². The summed E-state index contributed by atoms with van der Waals surface area (Å²) in [4.78, 5) is 62.3. The molecule has 41 heavy (non-hydrogen) atoms. The van der Waals surface area contributed by atoms with Gasteiger partial charge in [0.15, 0.2) is 0 Å². The minimum absolute atomic E-state index is 0.0364. The van der Waals surface area contributed by atoms with E-state index in [2.05, 4.69) is 42.5 Å². The summed E-state index contributed by atoms with van der Waals surface area (Å²) in [6, 6.07) is 3.31. The summed E-state index contributed by atoms with van der Waals surface area (Å²) in [5, 5.41) is 4.86. The summed E-state index contributed by atoms with van der Waals surface area (Å²) in [5.74, 6) is -0.733. The molecule has 4 atom stereocenters. The molecule has 2 unspecified atom stereocenters. The van der Waals surface area contributed by atoms with E-state index >= 15 is 0 Å². The Morgan fingerprint density at radius 3 is 1.93 bits per heavy atom. The van der Waals surface area contributed by atoms with E-state index in [1.165, 1.54) is 31.1 Å². The lowest BCUT2D eigenvalue weighted by Gasteiger charge is -2.20. The predicted octanol–water partition coefficient (Wildman–Crippen LogP) is 1.48. The Hall–Kier alpha value is -1.47. The first-order valence-electron chi connectivity index (χ1n) is 11.9. The van der Waals surface area contributed by atoms with E-state index < -0.39 is 42.0 Å². The number of rotatable bonds is 18. The summed E-state index contributed by atoms with van der Waals surface area (Å²) in [7, 11) is 6.66. The van der Waals surface area contributed by atoms with Gasteiger partial charge in [0.05, 0.1) is 38.8 Å². The van der Waals surface area contributed by atoms with Crippen molar-refractivity contribution in [1.29, 1.82) is 0 Å². The molecule has 0 saturated carbocycles. The standard InChI is InChI=1S/C24H34N4O7S6/c1-13(34-2)18(11-38-40-23(32)16(25)9-36)27-20(29)8-14-6-4-5-7-15(14)21(30)28-19(22(31)35-3)12-39-41-24(33)17(26)10-37/h4-7,16-19,36-37H,1,8-12,25-26H2,2-3H3,(H,27,29)(H,28,30)/t16-,17-,18?,19?/m0/s1. The van der Waals surface area contributed by atoms with Crippen molar-refractivity contribution in [3.63, 3.8) is 0 Å². The van der Waals surface area contributed by atoms with Crippen molar-refractivity contribution in [3.8, 4) is 0 Å². The first-order chi connectivity index (χ1) is 19.5. The van der Waals surface area contributed by atoms with Gasteiger partial charge in [-0.3, -0.25) is 19.2 Å². The van der Waals surface area contributed by atoms with Gasteiger partial charge >= 0.3 is 5.97 Å². The van der Waals surface area contributed by atoms with E-state index in [1.54, 1.807) is 18.2 Å². The minimum Gasteiger partial charge on any atom is -0.500 e. The lowest BCUT2D eigenvalue weighted by atomic mass is 10.0. The number of hydrogen-bond acceptors (Lipinski definition) is 15. The maximum absolute atomic E-state index is 13.1. The maximum atomic E-state index is 13.1. The number of esters is 1. The zero-order valence-corrected chi connectivity index (χ0v) is 27.5. The van der Waals surface area contributed by atoms with Gasteiger partial charge in [0.25, 0.3) is 5.91 Å². The van der Waals surface area contributed by atoms with Crippen LogP contribution in [-0.2, 0) is 35.1 Å². The Morgan fingerprint density at radius 1 is 0.878 bits per heavy atom. The highest BCUT2D eigenvalue weighted by Gasteiger charge is 2.26. The molecule has 1 aromatic carbocycles. The molecule has 0 aromatic heterocycles. The van der Waals surface area contributed by atoms with Crippen molar-refractivity contribution >= 4 is 96.4 Å². The van der Waals surface area contributed by atoms with Gasteiger partial charge in [-0.2, -0.15) is 25.3 Å². The minimum atomic E-state index is -1.06. The normalized spacial score (nSPS) is 13.7. The van der Waals surface area contributed by atoms with Crippen LogP contribution in [0.5, 0.6) is 0 Å². The van der Waals surface area contributed by atoms with Gasteiger partial charge in [0, 0.05) is 28.6 Å². The predicted molar refractivity (Wildman–Crippen MR) is 175 cm³/mol. The van der Waals surface area contributed by atoms with Gasteiger partial charge in [-0.1, -0.05) is 46.4 Å². The van der Waals surface area contributed by atoms with Crippen LogP contribution in [0.15, 0.2) is 36.6 Å². The monoisotopic (exact) mass is 682 g/mol. The summed E-state index contributed by atoms with van der Waals surface area (Å²) < 4.78 is 9.99. The fourth-order valence-electron chi connectivity index (χ4n) is 2.81. The zero-order chi connectivity index (χ0) is 30.9. The van der Waals surface area contributed by atoms with E-state index in [1.807, 2.05) is 0 Å². The van der Waals surface area contributed by atoms with Gasteiger partial charge < -0.3 is 31.6 Å². The molecule has 0 spiro atoms. The van der Waals surface area contributed by atoms with Crippen molar-refractivity contribution in [2.75, 3.05) is 37.2 Å². The number of carbonyl (C=O) groups is 5. The molecule has 1 aromatic rings. The first-order valence-corrected chi connectivity index (χ1v) is 17.8. The van der Waals surface area contributed by atoms with Crippen LogP contribution in [0, 0.1) is 0 Å². The molecular formula is C24H34N4O7S6. The van der Waals surface area contributed by atoms with Crippen molar-refractivity contribution in [1.82, 2.24) is 10.6 Å². The Morgan fingerprint density at radius 2 is 1.41 bits per heavy atom. The van der Waals surface area contributed by atoms with E-state index in [0.717, 1.165) is 32.4 Å². The summed E-state index contributed by atoms with van der Waals surface area (Å²) in [6.45, 7) is 3.81. The molecule has 1 rings (SSSR count). The highest BCUT2D eigenvalue weighted by atomic mass is 33.1. The lowest BCUT2D eigenvalue weighted by molar-refractivity contribution is -0.142. The van der Waals surface area contributed by atoms with Crippen molar-refractivity contribution in [3.05, 3.63) is 47.7 Å². The number of hydrogen-bond donors (Lipinski definition) is 6. The first kappa shape index (κ1) is 37.6. The van der Waals surface area contributed by atoms with Gasteiger partial charge in [-0.05, 0) is 33.2 Å². The summed E-state index contributed by atoms with van der Waals surface area (Å²) >= 11 is 8.00. The molecule has 0 saturated heterocycles. The van der Waals surface area contributed by atoms with Crippen LogP contribution in [0.25, 0.3) is 0 Å². The number of nitrogens with two attached hydrogens (primary N) is 2. The number of amides is 2. The van der Waals surface area contributed by atoms with Gasteiger partial charge in [-0.15, -0.1) is 0 Å². The average molecular weight is 683 g/mol. The molecule has 6 N–H and O–H groups in total. The smallest absolute Gasteiger partial charge is 0.329 e. The summed E-state index contributed by atoms with van der Waals surface area (Å²) in [5.41, 5.74) is 11.9. The fraction of sp³-hybridized carbons (Fsp3) is 0.458. The second kappa shape index (κ2) is 20.4. The van der Waals surface area contributed by atoms with Crippen LogP contribution in [-0.4, -0.2) is 89.4 Å². The number of ether oxygens (including phenoxy) is 2. The number of methoxy groups -OCH3 is 2. The summed E-state index contributed by atoms with van der Waals surface area (Å²) in [6.07, 6.45) is -0.165. The maximum Gasteiger partial charge on any atom is 0.329 e. The van der Waals surface area contributed by atoms with Gasteiger partial charge in [0.2, 0.25) is 16.1 Å². The third-order valence-electron chi connectivity index (χ3n) is 5.14. The van der Waals surface area contributed by atoms with Crippen LogP contribution in [0.3, 0.4) is 0 Å². The topological polar surface area (TPSA) is 180 Å². The second-order valence-electron chi connectivity index (χ2n) is 8.13. The third-order valence-corrected chi connectivity index (χ3v) is 10.5. The molecule has 17 heteroatoms. The van der Waals surface area contributed by atoms with Gasteiger partial charge in [-0.25, -0.2) is 4.79 Å².